The summed E-state index contributed by atoms with van der Waals surface area (Å²) < 4.78 is 32.5. The van der Waals surface area contributed by atoms with Crippen molar-refractivity contribution >= 4 is 0 Å². The molecule has 1 aliphatic carbocycles. The van der Waals surface area contributed by atoms with Crippen LogP contribution >= 0.6 is 0 Å². The van der Waals surface area contributed by atoms with E-state index in [1.54, 1.807) is 13.2 Å². The van der Waals surface area contributed by atoms with Crippen LogP contribution < -0.4 is 0 Å². The third-order valence-corrected chi connectivity index (χ3v) is 4.85. The van der Waals surface area contributed by atoms with Gasteiger partial charge in [0.2, 0.25) is 0 Å². The molecular formula is C17H24F2O. The van der Waals surface area contributed by atoms with Crippen LogP contribution in [0.15, 0.2) is 18.2 Å². The highest BCUT2D eigenvalue weighted by atomic mass is 19.1. The predicted molar refractivity (Wildman–Crippen MR) is 76.6 cm³/mol. The van der Waals surface area contributed by atoms with Gasteiger partial charge >= 0.3 is 0 Å². The number of rotatable bonds is 4. The van der Waals surface area contributed by atoms with Crippen LogP contribution in [-0.2, 0) is 11.2 Å². The molecule has 3 heteroatoms. The Labute approximate surface area is 120 Å². The van der Waals surface area contributed by atoms with E-state index in [1.165, 1.54) is 6.07 Å². The minimum absolute atomic E-state index is 0.288. The van der Waals surface area contributed by atoms with Crippen molar-refractivity contribution in [2.24, 2.45) is 11.8 Å². The third-order valence-electron chi connectivity index (χ3n) is 4.85. The van der Waals surface area contributed by atoms with Crippen LogP contribution in [0.1, 0.15) is 45.1 Å². The van der Waals surface area contributed by atoms with Gasteiger partial charge in [0.15, 0.2) is 0 Å². The van der Waals surface area contributed by atoms with Crippen molar-refractivity contribution in [1.29, 1.82) is 0 Å². The average molecular weight is 282 g/mol. The van der Waals surface area contributed by atoms with Crippen molar-refractivity contribution in [1.82, 2.24) is 0 Å². The highest BCUT2D eigenvalue weighted by Gasteiger charge is 2.36. The van der Waals surface area contributed by atoms with E-state index >= 15 is 0 Å². The lowest BCUT2D eigenvalue weighted by Gasteiger charge is -2.40. The number of ether oxygens (including phenoxy) is 1. The summed E-state index contributed by atoms with van der Waals surface area (Å²) in [7, 11) is 1.71. The quantitative estimate of drug-likeness (QED) is 0.775. The van der Waals surface area contributed by atoms with Crippen molar-refractivity contribution in [2.75, 3.05) is 7.11 Å². The predicted octanol–water partition coefficient (Wildman–Crippen LogP) is 4.74. The summed E-state index contributed by atoms with van der Waals surface area (Å²) in [6, 6.07) is 3.82. The van der Waals surface area contributed by atoms with Crippen LogP contribution in [0, 0.1) is 23.5 Å². The first-order valence-corrected chi connectivity index (χ1v) is 7.45. The molecular weight excluding hydrogens is 258 g/mol. The van der Waals surface area contributed by atoms with Gasteiger partial charge in [-0.15, -0.1) is 0 Å². The van der Waals surface area contributed by atoms with Crippen molar-refractivity contribution in [3.63, 3.8) is 0 Å². The van der Waals surface area contributed by atoms with Gasteiger partial charge in [-0.3, -0.25) is 0 Å². The van der Waals surface area contributed by atoms with Crippen molar-refractivity contribution in [3.05, 3.63) is 35.4 Å². The molecule has 0 N–H and O–H groups in total. The zero-order chi connectivity index (χ0) is 14.8. The molecule has 1 aromatic carbocycles. The largest absolute Gasteiger partial charge is 0.378 e. The molecule has 0 radical (unpaired) electrons. The molecule has 1 saturated carbocycles. The van der Waals surface area contributed by atoms with Gasteiger partial charge in [-0.1, -0.05) is 19.9 Å². The molecule has 1 aromatic rings. The number of halogens is 2. The SMILES string of the molecule is COC1(Cc2ccc(F)cc2F)CCC(C(C)C)CC1. The van der Waals surface area contributed by atoms with Crippen LogP contribution in [0.4, 0.5) is 8.78 Å². The summed E-state index contributed by atoms with van der Waals surface area (Å²) in [4.78, 5) is 0. The Kier molecular flexibility index (Phi) is 4.79. The number of benzene rings is 1. The van der Waals surface area contributed by atoms with Crippen molar-refractivity contribution in [3.8, 4) is 0 Å². The van der Waals surface area contributed by atoms with Crippen molar-refractivity contribution in [2.45, 2.75) is 51.6 Å². The Morgan fingerprint density at radius 1 is 1.25 bits per heavy atom. The molecule has 20 heavy (non-hydrogen) atoms. The summed E-state index contributed by atoms with van der Waals surface area (Å²) in [6.45, 7) is 4.51. The van der Waals surface area contributed by atoms with E-state index in [4.69, 9.17) is 4.74 Å². The Balaban J connectivity index is 2.09. The summed E-state index contributed by atoms with van der Waals surface area (Å²) in [6.07, 6.45) is 4.66. The van der Waals surface area contributed by atoms with E-state index in [0.717, 1.165) is 37.7 Å². The van der Waals surface area contributed by atoms with E-state index in [9.17, 15) is 8.78 Å². The van der Waals surface area contributed by atoms with E-state index < -0.39 is 11.6 Å². The topological polar surface area (TPSA) is 9.23 Å². The van der Waals surface area contributed by atoms with Crippen LogP contribution in [0.25, 0.3) is 0 Å². The maximum Gasteiger partial charge on any atom is 0.129 e. The molecule has 2 rings (SSSR count). The Morgan fingerprint density at radius 3 is 2.40 bits per heavy atom. The summed E-state index contributed by atoms with van der Waals surface area (Å²) in [5, 5.41) is 0. The Hall–Kier alpha value is -0.960. The second-order valence-electron chi connectivity index (χ2n) is 6.38. The molecule has 0 spiro atoms. The van der Waals surface area contributed by atoms with Gasteiger partial charge < -0.3 is 4.74 Å². The molecule has 1 aliphatic rings. The first-order chi connectivity index (χ1) is 9.46. The lowest BCUT2D eigenvalue weighted by atomic mass is 9.72. The zero-order valence-corrected chi connectivity index (χ0v) is 12.6. The standard InChI is InChI=1S/C17H24F2O/c1-12(2)13-6-8-17(20-3,9-7-13)11-14-4-5-15(18)10-16(14)19/h4-5,10,12-13H,6-9,11H2,1-3H3. The lowest BCUT2D eigenvalue weighted by Crippen LogP contribution is -2.39. The molecule has 0 unspecified atom stereocenters. The second kappa shape index (κ2) is 6.21. The highest BCUT2D eigenvalue weighted by Crippen LogP contribution is 2.40. The van der Waals surface area contributed by atoms with Gasteiger partial charge in [-0.05, 0) is 49.1 Å². The molecule has 0 saturated heterocycles. The maximum atomic E-state index is 13.8. The van der Waals surface area contributed by atoms with Crippen LogP contribution in [0.3, 0.4) is 0 Å². The van der Waals surface area contributed by atoms with Crippen molar-refractivity contribution < 1.29 is 13.5 Å². The van der Waals surface area contributed by atoms with Crippen LogP contribution in [0.2, 0.25) is 0 Å². The normalized spacial score (nSPS) is 27.0. The minimum atomic E-state index is -0.527. The molecule has 0 amide bonds. The summed E-state index contributed by atoms with van der Waals surface area (Å²) in [5.41, 5.74) is 0.264. The number of methoxy groups -OCH3 is 1. The molecule has 0 heterocycles. The number of hydrogen-bond donors (Lipinski definition) is 0. The smallest absolute Gasteiger partial charge is 0.129 e. The first-order valence-electron chi connectivity index (χ1n) is 7.45. The van der Waals surface area contributed by atoms with E-state index in [0.29, 0.717) is 17.9 Å². The van der Waals surface area contributed by atoms with Gasteiger partial charge in [-0.2, -0.15) is 0 Å². The molecule has 1 fully saturated rings. The second-order valence-corrected chi connectivity index (χ2v) is 6.38. The first kappa shape index (κ1) is 15.4. The van der Waals surface area contributed by atoms with Gasteiger partial charge in [0, 0.05) is 19.6 Å². The molecule has 0 aliphatic heterocycles. The third kappa shape index (κ3) is 3.38. The lowest BCUT2D eigenvalue weighted by molar-refractivity contribution is -0.0530. The summed E-state index contributed by atoms with van der Waals surface area (Å²) in [5.74, 6) is 0.428. The zero-order valence-electron chi connectivity index (χ0n) is 12.6. The fourth-order valence-electron chi connectivity index (χ4n) is 3.30. The average Bonchev–Trinajstić information content (AvgIpc) is 2.42. The Bertz CT molecular complexity index is 448. The summed E-state index contributed by atoms with van der Waals surface area (Å²) >= 11 is 0. The molecule has 112 valence electrons. The molecule has 1 nitrogen and oxygen atoms in total. The fraction of sp³-hybridized carbons (Fsp3) is 0.647. The fourth-order valence-corrected chi connectivity index (χ4v) is 3.30. The maximum absolute atomic E-state index is 13.8. The van der Waals surface area contributed by atoms with Gasteiger partial charge in [0.25, 0.3) is 0 Å². The highest BCUT2D eigenvalue weighted by molar-refractivity contribution is 5.21. The Morgan fingerprint density at radius 2 is 1.90 bits per heavy atom. The molecule has 0 atom stereocenters. The molecule has 0 aromatic heterocycles. The number of hydrogen-bond acceptors (Lipinski definition) is 1. The van der Waals surface area contributed by atoms with Crippen LogP contribution in [0.5, 0.6) is 0 Å². The van der Waals surface area contributed by atoms with E-state index in [2.05, 4.69) is 13.8 Å². The van der Waals surface area contributed by atoms with Crippen LogP contribution in [-0.4, -0.2) is 12.7 Å². The van der Waals surface area contributed by atoms with E-state index in [1.807, 2.05) is 0 Å². The van der Waals surface area contributed by atoms with E-state index in [-0.39, 0.29) is 5.60 Å². The van der Waals surface area contributed by atoms with Gasteiger partial charge in [0.1, 0.15) is 11.6 Å². The van der Waals surface area contributed by atoms with Gasteiger partial charge in [0.05, 0.1) is 5.60 Å². The molecule has 0 bridgehead atoms. The minimum Gasteiger partial charge on any atom is -0.378 e. The van der Waals surface area contributed by atoms with Gasteiger partial charge in [-0.25, -0.2) is 8.78 Å². The monoisotopic (exact) mass is 282 g/mol.